The fraction of sp³-hybridized carbons (Fsp3) is 0.292. The molecule has 1 aliphatic heterocycles. The summed E-state index contributed by atoms with van der Waals surface area (Å²) in [5.74, 6) is 1.73. The summed E-state index contributed by atoms with van der Waals surface area (Å²) in [7, 11) is 1.68. The molecule has 0 radical (unpaired) electrons. The monoisotopic (exact) mass is 456 g/mol. The van der Waals surface area contributed by atoms with Crippen molar-refractivity contribution in [1.29, 1.82) is 0 Å². The van der Waals surface area contributed by atoms with Crippen LogP contribution in [0, 0.1) is 0 Å². The van der Waals surface area contributed by atoms with Crippen LogP contribution in [-0.4, -0.2) is 49.0 Å². The Hall–Kier alpha value is -2.54. The van der Waals surface area contributed by atoms with Crippen molar-refractivity contribution in [2.75, 3.05) is 33.3 Å². The summed E-state index contributed by atoms with van der Waals surface area (Å²) in [6.07, 6.45) is 0. The largest absolute Gasteiger partial charge is 0.497 e. The van der Waals surface area contributed by atoms with E-state index in [1.165, 1.54) is 16.9 Å². The smallest absolute Gasteiger partial charge is 0.264 e. The van der Waals surface area contributed by atoms with Crippen molar-refractivity contribution in [2.24, 2.45) is 0 Å². The summed E-state index contributed by atoms with van der Waals surface area (Å²) in [4.78, 5) is 18.0. The molecule has 1 aromatic heterocycles. The van der Waals surface area contributed by atoms with E-state index in [0.717, 1.165) is 54.7 Å². The minimum absolute atomic E-state index is 0.104. The fourth-order valence-corrected chi connectivity index (χ4v) is 4.50. The lowest BCUT2D eigenvalue weighted by Crippen LogP contribution is -2.48. The Balaban J connectivity index is 1.26. The number of rotatable bonds is 7. The zero-order valence-corrected chi connectivity index (χ0v) is 19.0. The third-order valence-corrected chi connectivity index (χ3v) is 6.53. The molecule has 7 heteroatoms. The van der Waals surface area contributed by atoms with E-state index in [9.17, 15) is 4.79 Å². The average molecular weight is 457 g/mol. The number of halogens is 1. The van der Waals surface area contributed by atoms with E-state index in [2.05, 4.69) is 17.0 Å². The number of hydrogen-bond acceptors (Lipinski definition) is 5. The van der Waals surface area contributed by atoms with E-state index in [1.54, 1.807) is 19.2 Å². The van der Waals surface area contributed by atoms with E-state index in [0.29, 0.717) is 11.6 Å². The number of carbonyl (C=O) groups excluding carboxylic acids is 1. The van der Waals surface area contributed by atoms with Gasteiger partial charge in [0.25, 0.3) is 5.91 Å². The Kier molecular flexibility index (Phi) is 7.12. The summed E-state index contributed by atoms with van der Waals surface area (Å²) in [5, 5.41) is 2.67. The van der Waals surface area contributed by atoms with Gasteiger partial charge in [-0.15, -0.1) is 11.3 Å². The van der Waals surface area contributed by atoms with Gasteiger partial charge >= 0.3 is 0 Å². The van der Waals surface area contributed by atoms with Crippen molar-refractivity contribution in [2.45, 2.75) is 13.2 Å². The highest BCUT2D eigenvalue weighted by Gasteiger charge is 2.23. The first-order chi connectivity index (χ1) is 15.1. The predicted octanol–water partition coefficient (Wildman–Crippen LogP) is 4.95. The lowest BCUT2D eigenvalue weighted by atomic mass is 10.2. The van der Waals surface area contributed by atoms with Gasteiger partial charge in [0.05, 0.1) is 12.0 Å². The SMILES string of the molecule is COc1ccc(CN2CCN(C(=O)c3cc(COc4ccc(Cl)cc4)cs3)CC2)cc1. The molecule has 0 aliphatic carbocycles. The number of thiophene rings is 1. The number of hydrogen-bond donors (Lipinski definition) is 0. The third kappa shape index (κ3) is 5.79. The van der Waals surface area contributed by atoms with Gasteiger partial charge in [0.15, 0.2) is 0 Å². The van der Waals surface area contributed by atoms with Crippen LogP contribution in [0.15, 0.2) is 60.0 Å². The van der Waals surface area contributed by atoms with Crippen molar-refractivity contribution in [3.8, 4) is 11.5 Å². The molecular weight excluding hydrogens is 432 g/mol. The van der Waals surface area contributed by atoms with E-state index in [4.69, 9.17) is 21.1 Å². The lowest BCUT2D eigenvalue weighted by molar-refractivity contribution is 0.0633. The van der Waals surface area contributed by atoms with Gasteiger partial charge in [-0.2, -0.15) is 0 Å². The maximum atomic E-state index is 12.9. The van der Waals surface area contributed by atoms with Crippen LogP contribution >= 0.6 is 22.9 Å². The molecule has 0 bridgehead atoms. The van der Waals surface area contributed by atoms with Crippen LogP contribution in [0.4, 0.5) is 0 Å². The van der Waals surface area contributed by atoms with Gasteiger partial charge in [-0.05, 0) is 53.4 Å². The van der Waals surface area contributed by atoms with Crippen LogP contribution in [0.1, 0.15) is 20.8 Å². The van der Waals surface area contributed by atoms with E-state index in [1.807, 2.05) is 40.6 Å². The summed E-state index contributed by atoms with van der Waals surface area (Å²) in [6.45, 7) is 4.54. The molecule has 1 amide bonds. The molecule has 0 saturated carbocycles. The summed E-state index contributed by atoms with van der Waals surface area (Å²) in [6, 6.07) is 17.4. The third-order valence-electron chi connectivity index (χ3n) is 5.31. The Morgan fingerprint density at radius 1 is 0.968 bits per heavy atom. The maximum Gasteiger partial charge on any atom is 0.264 e. The molecule has 1 fully saturated rings. The van der Waals surface area contributed by atoms with Crippen molar-refractivity contribution < 1.29 is 14.3 Å². The highest BCUT2D eigenvalue weighted by Crippen LogP contribution is 2.22. The number of nitrogens with zero attached hydrogens (tertiary/aromatic N) is 2. The van der Waals surface area contributed by atoms with Crippen LogP contribution in [0.2, 0.25) is 5.02 Å². The first-order valence-corrected chi connectivity index (χ1v) is 11.5. The average Bonchev–Trinajstić information content (AvgIpc) is 3.28. The molecule has 4 rings (SSSR count). The normalized spacial score (nSPS) is 14.5. The second-order valence-corrected chi connectivity index (χ2v) is 8.83. The number of amides is 1. The molecule has 1 aliphatic rings. The van der Waals surface area contributed by atoms with Gasteiger partial charge in [0.2, 0.25) is 0 Å². The Labute approximate surface area is 191 Å². The van der Waals surface area contributed by atoms with Crippen molar-refractivity contribution in [1.82, 2.24) is 9.80 Å². The number of carbonyl (C=O) groups is 1. The van der Waals surface area contributed by atoms with E-state index < -0.39 is 0 Å². The van der Waals surface area contributed by atoms with Crippen molar-refractivity contribution in [3.63, 3.8) is 0 Å². The van der Waals surface area contributed by atoms with Crippen molar-refractivity contribution in [3.05, 3.63) is 81.0 Å². The van der Waals surface area contributed by atoms with Crippen molar-refractivity contribution >= 4 is 28.8 Å². The Morgan fingerprint density at radius 3 is 2.32 bits per heavy atom. The van der Waals surface area contributed by atoms with Crippen LogP contribution in [-0.2, 0) is 13.2 Å². The van der Waals surface area contributed by atoms with Gasteiger partial charge in [-0.25, -0.2) is 0 Å². The zero-order valence-electron chi connectivity index (χ0n) is 17.4. The molecule has 0 atom stereocenters. The fourth-order valence-electron chi connectivity index (χ4n) is 3.51. The predicted molar refractivity (Wildman–Crippen MR) is 124 cm³/mol. The number of piperazine rings is 1. The molecular formula is C24H25ClN2O3S. The van der Waals surface area contributed by atoms with Gasteiger partial charge < -0.3 is 14.4 Å². The van der Waals surface area contributed by atoms with Crippen LogP contribution in [0.5, 0.6) is 11.5 Å². The minimum Gasteiger partial charge on any atom is -0.497 e. The van der Waals surface area contributed by atoms with Gasteiger partial charge in [0.1, 0.15) is 18.1 Å². The first-order valence-electron chi connectivity index (χ1n) is 10.2. The van der Waals surface area contributed by atoms with Crippen LogP contribution in [0.3, 0.4) is 0 Å². The molecule has 0 spiro atoms. The Bertz CT molecular complexity index is 996. The summed E-state index contributed by atoms with van der Waals surface area (Å²) < 4.78 is 11.0. The molecule has 5 nitrogen and oxygen atoms in total. The molecule has 31 heavy (non-hydrogen) atoms. The minimum atomic E-state index is 0.104. The highest BCUT2D eigenvalue weighted by molar-refractivity contribution is 7.12. The molecule has 162 valence electrons. The van der Waals surface area contributed by atoms with Crippen LogP contribution < -0.4 is 9.47 Å². The molecule has 0 unspecified atom stereocenters. The van der Waals surface area contributed by atoms with E-state index in [-0.39, 0.29) is 5.91 Å². The van der Waals surface area contributed by atoms with Gasteiger partial charge in [0, 0.05) is 43.3 Å². The molecule has 2 aromatic carbocycles. The zero-order chi connectivity index (χ0) is 21.6. The maximum absolute atomic E-state index is 12.9. The lowest BCUT2D eigenvalue weighted by Gasteiger charge is -2.34. The first kappa shape index (κ1) is 21.7. The molecule has 1 saturated heterocycles. The molecule has 2 heterocycles. The number of ether oxygens (including phenoxy) is 2. The standard InChI is InChI=1S/C24H25ClN2O3S/c1-29-21-6-2-18(3-7-21)15-26-10-12-27(13-11-26)24(28)23-14-19(17-31-23)16-30-22-8-4-20(25)5-9-22/h2-9,14,17H,10-13,15-16H2,1H3. The number of methoxy groups -OCH3 is 1. The molecule has 3 aromatic rings. The van der Waals surface area contributed by atoms with Crippen LogP contribution in [0.25, 0.3) is 0 Å². The highest BCUT2D eigenvalue weighted by atomic mass is 35.5. The topological polar surface area (TPSA) is 42.0 Å². The summed E-state index contributed by atoms with van der Waals surface area (Å²) in [5.41, 5.74) is 2.26. The second-order valence-electron chi connectivity index (χ2n) is 7.48. The van der Waals surface area contributed by atoms with Gasteiger partial charge in [-0.1, -0.05) is 23.7 Å². The Morgan fingerprint density at radius 2 is 1.65 bits per heavy atom. The van der Waals surface area contributed by atoms with Gasteiger partial charge in [-0.3, -0.25) is 9.69 Å². The summed E-state index contributed by atoms with van der Waals surface area (Å²) >= 11 is 7.38. The quantitative estimate of drug-likeness (QED) is 0.504. The second kappa shape index (κ2) is 10.2. The van der Waals surface area contributed by atoms with E-state index >= 15 is 0 Å². The molecule has 0 N–H and O–H groups in total. The number of benzene rings is 2.